The fraction of sp³-hybridized carbons (Fsp3) is 0.941. The molecule has 0 fully saturated rings. The Kier molecular flexibility index (Phi) is 19.5. The van der Waals surface area contributed by atoms with Gasteiger partial charge in [-0.3, -0.25) is 0 Å². The molecule has 5 nitrogen and oxygen atoms in total. The molecule has 0 amide bonds. The maximum atomic E-state index is 10.2. The number of carboxylic acid groups (broad SMARTS) is 1. The number of carbonyl (C=O) groups is 1. The van der Waals surface area contributed by atoms with Crippen LogP contribution in [0.25, 0.3) is 0 Å². The molecule has 0 aromatic heterocycles. The average molecular weight is 351 g/mol. The van der Waals surface area contributed by atoms with Crippen LogP contribution < -0.4 is 0 Å². The van der Waals surface area contributed by atoms with Crippen molar-refractivity contribution in [3.63, 3.8) is 0 Å². The Morgan fingerprint density at radius 2 is 1.09 bits per heavy atom. The summed E-state index contributed by atoms with van der Waals surface area (Å²) in [5, 5.41) is 8.36. The van der Waals surface area contributed by atoms with Gasteiger partial charge in [0.1, 0.15) is 6.61 Å². The second kappa shape index (κ2) is 19.7. The van der Waals surface area contributed by atoms with Gasteiger partial charge in [-0.05, 0) is 18.6 Å². The minimum absolute atomic E-state index is 0.268. The molecular formula is C17H34O5S. The van der Waals surface area contributed by atoms with E-state index in [4.69, 9.17) is 19.3 Å². The van der Waals surface area contributed by atoms with Gasteiger partial charge < -0.3 is 19.3 Å². The molecule has 0 saturated heterocycles. The lowest BCUT2D eigenvalue weighted by atomic mass is 10.1. The van der Waals surface area contributed by atoms with Crippen molar-refractivity contribution in [2.45, 2.75) is 57.8 Å². The summed E-state index contributed by atoms with van der Waals surface area (Å²) < 4.78 is 15.6. The van der Waals surface area contributed by atoms with Gasteiger partial charge in [-0.1, -0.05) is 44.9 Å². The number of hydrogen-bond acceptors (Lipinski definition) is 5. The number of hydrogen-bond donors (Lipinski definition) is 2. The molecule has 0 heterocycles. The largest absolute Gasteiger partial charge is 0.480 e. The van der Waals surface area contributed by atoms with E-state index < -0.39 is 5.97 Å². The zero-order valence-electron chi connectivity index (χ0n) is 14.3. The lowest BCUT2D eigenvalue weighted by Crippen LogP contribution is -2.13. The van der Waals surface area contributed by atoms with E-state index in [2.05, 4.69) is 12.6 Å². The molecular weight excluding hydrogens is 316 g/mol. The number of rotatable bonds is 19. The lowest BCUT2D eigenvalue weighted by Gasteiger charge is -2.06. The highest BCUT2D eigenvalue weighted by Gasteiger charge is 1.96. The number of thiol groups is 1. The molecule has 6 heteroatoms. The van der Waals surface area contributed by atoms with Crippen molar-refractivity contribution >= 4 is 18.6 Å². The predicted molar refractivity (Wildman–Crippen MR) is 95.5 cm³/mol. The number of carboxylic acids is 1. The first-order valence-corrected chi connectivity index (χ1v) is 9.46. The summed E-state index contributed by atoms with van der Waals surface area (Å²) >= 11 is 4.21. The predicted octanol–water partition coefficient (Wildman–Crippen LogP) is 3.56. The minimum Gasteiger partial charge on any atom is -0.480 e. The van der Waals surface area contributed by atoms with Gasteiger partial charge in [-0.2, -0.15) is 12.6 Å². The van der Waals surface area contributed by atoms with Crippen molar-refractivity contribution < 1.29 is 24.1 Å². The third-order valence-corrected chi connectivity index (χ3v) is 3.73. The van der Waals surface area contributed by atoms with Crippen molar-refractivity contribution in [3.8, 4) is 0 Å². The smallest absolute Gasteiger partial charge is 0.329 e. The highest BCUT2D eigenvalue weighted by Crippen LogP contribution is 2.09. The van der Waals surface area contributed by atoms with Crippen molar-refractivity contribution in [2.24, 2.45) is 0 Å². The molecule has 0 aliphatic rings. The van der Waals surface area contributed by atoms with Crippen LogP contribution in [-0.4, -0.2) is 56.5 Å². The Morgan fingerprint density at radius 1 is 0.652 bits per heavy atom. The van der Waals surface area contributed by atoms with E-state index in [0.717, 1.165) is 18.8 Å². The summed E-state index contributed by atoms with van der Waals surface area (Å²) in [5.74, 6) is 0.0608. The van der Waals surface area contributed by atoms with Gasteiger partial charge in [0.25, 0.3) is 0 Å². The van der Waals surface area contributed by atoms with Crippen LogP contribution in [-0.2, 0) is 19.0 Å². The lowest BCUT2D eigenvalue weighted by molar-refractivity contribution is -0.142. The van der Waals surface area contributed by atoms with Gasteiger partial charge in [-0.25, -0.2) is 4.79 Å². The first-order chi connectivity index (χ1) is 11.3. The Balaban J connectivity index is 2.96. The van der Waals surface area contributed by atoms with E-state index in [1.165, 1.54) is 51.4 Å². The fourth-order valence-electron chi connectivity index (χ4n) is 2.15. The molecule has 0 bridgehead atoms. The van der Waals surface area contributed by atoms with Gasteiger partial charge in [0.15, 0.2) is 0 Å². The number of unbranched alkanes of at least 4 members (excludes halogenated alkanes) is 8. The summed E-state index contributed by atoms with van der Waals surface area (Å²) in [6.45, 7) is 2.36. The molecule has 138 valence electrons. The molecule has 0 aromatic carbocycles. The van der Waals surface area contributed by atoms with Gasteiger partial charge in [0.2, 0.25) is 0 Å². The molecule has 0 aliphatic carbocycles. The van der Waals surface area contributed by atoms with Gasteiger partial charge in [-0.15, -0.1) is 0 Å². The molecule has 0 atom stereocenters. The highest BCUT2D eigenvalue weighted by molar-refractivity contribution is 7.80. The van der Waals surface area contributed by atoms with E-state index >= 15 is 0 Å². The molecule has 1 N–H and O–H groups in total. The number of ether oxygens (including phenoxy) is 3. The molecule has 0 aliphatic heterocycles. The normalized spacial score (nSPS) is 11.0. The first kappa shape index (κ1) is 22.7. The quantitative estimate of drug-likeness (QED) is 0.275. The van der Waals surface area contributed by atoms with Gasteiger partial charge >= 0.3 is 5.97 Å². The second-order valence-electron chi connectivity index (χ2n) is 5.58. The maximum absolute atomic E-state index is 10.2. The molecule has 23 heavy (non-hydrogen) atoms. The van der Waals surface area contributed by atoms with E-state index in [-0.39, 0.29) is 6.61 Å². The average Bonchev–Trinajstić information content (AvgIpc) is 2.53. The molecule has 0 unspecified atom stereocenters. The second-order valence-corrected chi connectivity index (χ2v) is 6.02. The van der Waals surface area contributed by atoms with Crippen LogP contribution in [0.2, 0.25) is 0 Å². The molecule has 0 saturated carbocycles. The zero-order chi connectivity index (χ0) is 17.0. The Bertz CT molecular complexity index is 251. The van der Waals surface area contributed by atoms with Crippen LogP contribution in [0.3, 0.4) is 0 Å². The van der Waals surface area contributed by atoms with Gasteiger partial charge in [0.05, 0.1) is 26.4 Å². The van der Waals surface area contributed by atoms with E-state index in [0.29, 0.717) is 26.4 Å². The van der Waals surface area contributed by atoms with Gasteiger partial charge in [0, 0.05) is 6.61 Å². The van der Waals surface area contributed by atoms with Crippen molar-refractivity contribution in [2.75, 3.05) is 45.4 Å². The van der Waals surface area contributed by atoms with Crippen LogP contribution >= 0.6 is 12.6 Å². The third-order valence-electron chi connectivity index (χ3n) is 3.42. The van der Waals surface area contributed by atoms with E-state index in [1.807, 2.05) is 0 Å². The number of aliphatic carboxylic acids is 1. The SMILES string of the molecule is O=C(O)COCCOCCOCCCCCCCCCCCS. The highest BCUT2D eigenvalue weighted by atomic mass is 32.1. The monoisotopic (exact) mass is 350 g/mol. The maximum Gasteiger partial charge on any atom is 0.329 e. The van der Waals surface area contributed by atoms with Crippen LogP contribution in [0.4, 0.5) is 0 Å². The molecule has 0 spiro atoms. The zero-order valence-corrected chi connectivity index (χ0v) is 15.2. The fourth-order valence-corrected chi connectivity index (χ4v) is 2.38. The summed E-state index contributed by atoms with van der Waals surface area (Å²) in [6.07, 6.45) is 11.6. The molecule has 0 rings (SSSR count). The van der Waals surface area contributed by atoms with Crippen LogP contribution in [0, 0.1) is 0 Å². The van der Waals surface area contributed by atoms with Crippen molar-refractivity contribution in [1.82, 2.24) is 0 Å². The summed E-state index contributed by atoms with van der Waals surface area (Å²) in [7, 11) is 0. The summed E-state index contributed by atoms with van der Waals surface area (Å²) in [5.41, 5.74) is 0. The summed E-state index contributed by atoms with van der Waals surface area (Å²) in [6, 6.07) is 0. The molecule has 0 radical (unpaired) electrons. The topological polar surface area (TPSA) is 65.0 Å². The standard InChI is InChI=1S/C17H34O5S/c18-17(19)16-22-14-13-21-12-11-20-10-8-6-4-2-1-3-5-7-9-15-23/h23H,1-16H2,(H,18,19). The van der Waals surface area contributed by atoms with Crippen LogP contribution in [0.5, 0.6) is 0 Å². The van der Waals surface area contributed by atoms with Crippen molar-refractivity contribution in [3.05, 3.63) is 0 Å². The Morgan fingerprint density at radius 3 is 1.61 bits per heavy atom. The molecule has 0 aromatic rings. The summed E-state index contributed by atoms with van der Waals surface area (Å²) in [4.78, 5) is 10.2. The minimum atomic E-state index is -0.957. The Hall–Kier alpha value is -0.300. The van der Waals surface area contributed by atoms with Crippen LogP contribution in [0.1, 0.15) is 57.8 Å². The van der Waals surface area contributed by atoms with E-state index in [1.54, 1.807) is 0 Å². The first-order valence-electron chi connectivity index (χ1n) is 8.83. The van der Waals surface area contributed by atoms with E-state index in [9.17, 15) is 4.79 Å². The van der Waals surface area contributed by atoms with Crippen molar-refractivity contribution in [1.29, 1.82) is 0 Å². The van der Waals surface area contributed by atoms with Crippen LogP contribution in [0.15, 0.2) is 0 Å². The Labute approximate surface area is 146 Å². The third kappa shape index (κ3) is 21.7.